The second-order valence-corrected chi connectivity index (χ2v) is 6.42. The number of nitrogen functional groups attached to an aromatic ring is 1. The molecule has 1 aliphatic rings. The normalized spacial score (nSPS) is 16.5. The molecule has 3 heteroatoms. The highest BCUT2D eigenvalue weighted by Gasteiger charge is 2.25. The molecule has 0 unspecified atom stereocenters. The second kappa shape index (κ2) is 5.92. The van der Waals surface area contributed by atoms with Crippen LogP contribution in [0.15, 0.2) is 28.8 Å². The summed E-state index contributed by atoms with van der Waals surface area (Å²) in [5.41, 5.74) is 9.55. The second-order valence-electron chi connectivity index (χ2n) is 6.42. The Labute approximate surface area is 126 Å². The van der Waals surface area contributed by atoms with E-state index in [-0.39, 0.29) is 0 Å². The number of rotatable bonds is 3. The fourth-order valence-electron chi connectivity index (χ4n) is 3.28. The zero-order valence-electron chi connectivity index (χ0n) is 12.9. The maximum atomic E-state index is 6.07. The van der Waals surface area contributed by atoms with Gasteiger partial charge in [0.05, 0.1) is 5.56 Å². The van der Waals surface area contributed by atoms with Crippen molar-refractivity contribution in [1.29, 1.82) is 0 Å². The third-order valence-electron chi connectivity index (χ3n) is 4.59. The molecule has 2 N–H and O–H groups in total. The Kier molecular flexibility index (Phi) is 4.00. The van der Waals surface area contributed by atoms with Crippen LogP contribution in [0.1, 0.15) is 69.1 Å². The monoisotopic (exact) mass is 284 g/mol. The minimum atomic E-state index is 0.475. The topological polar surface area (TPSA) is 52.0 Å². The fourth-order valence-corrected chi connectivity index (χ4v) is 3.28. The first-order valence-corrected chi connectivity index (χ1v) is 8.02. The molecule has 0 bridgehead atoms. The van der Waals surface area contributed by atoms with Gasteiger partial charge in [-0.2, -0.15) is 0 Å². The molecule has 1 heterocycles. The lowest BCUT2D eigenvalue weighted by Crippen LogP contribution is -2.05. The quantitative estimate of drug-likeness (QED) is 0.853. The van der Waals surface area contributed by atoms with Gasteiger partial charge < -0.3 is 10.3 Å². The summed E-state index contributed by atoms with van der Waals surface area (Å²) in [6.07, 6.45) is 6.25. The molecular weight excluding hydrogens is 260 g/mol. The van der Waals surface area contributed by atoms with Crippen molar-refractivity contribution in [2.75, 3.05) is 5.73 Å². The standard InChI is InChI=1S/C18H24N2O/c1-12(2)13-8-10-14(11-9-13)16-17(21-20-18(16)19)15-6-4-3-5-7-15/h8-12,15H,3-7H2,1-2H3,(H2,19,20). The highest BCUT2D eigenvalue weighted by molar-refractivity contribution is 5.76. The van der Waals surface area contributed by atoms with Gasteiger partial charge in [-0.25, -0.2) is 0 Å². The molecule has 112 valence electrons. The molecule has 3 rings (SSSR count). The maximum Gasteiger partial charge on any atom is 0.175 e. The van der Waals surface area contributed by atoms with Crippen molar-refractivity contribution in [2.45, 2.75) is 57.8 Å². The Morgan fingerprint density at radius 3 is 2.38 bits per heavy atom. The summed E-state index contributed by atoms with van der Waals surface area (Å²) >= 11 is 0. The van der Waals surface area contributed by atoms with Crippen LogP contribution in [-0.2, 0) is 0 Å². The third kappa shape index (κ3) is 2.82. The van der Waals surface area contributed by atoms with Crippen LogP contribution in [0.4, 0.5) is 5.82 Å². The van der Waals surface area contributed by atoms with E-state index in [0.29, 0.717) is 17.7 Å². The molecule has 0 saturated heterocycles. The van der Waals surface area contributed by atoms with Crippen LogP contribution in [0.2, 0.25) is 0 Å². The van der Waals surface area contributed by atoms with E-state index in [1.165, 1.54) is 37.7 Å². The van der Waals surface area contributed by atoms with E-state index >= 15 is 0 Å². The van der Waals surface area contributed by atoms with Crippen molar-refractivity contribution >= 4 is 5.82 Å². The van der Waals surface area contributed by atoms with Crippen LogP contribution in [0, 0.1) is 0 Å². The van der Waals surface area contributed by atoms with Gasteiger partial charge in [0, 0.05) is 5.92 Å². The molecular formula is C18H24N2O. The summed E-state index contributed by atoms with van der Waals surface area (Å²) in [5, 5.41) is 4.03. The van der Waals surface area contributed by atoms with Gasteiger partial charge in [-0.15, -0.1) is 0 Å². The van der Waals surface area contributed by atoms with E-state index in [1.54, 1.807) is 0 Å². The van der Waals surface area contributed by atoms with Crippen molar-refractivity contribution in [1.82, 2.24) is 5.16 Å². The summed E-state index contributed by atoms with van der Waals surface area (Å²) in [6, 6.07) is 8.64. The first-order valence-electron chi connectivity index (χ1n) is 8.02. The lowest BCUT2D eigenvalue weighted by atomic mass is 9.85. The zero-order valence-corrected chi connectivity index (χ0v) is 12.9. The van der Waals surface area contributed by atoms with E-state index < -0.39 is 0 Å². The SMILES string of the molecule is CC(C)c1ccc(-c2c(N)noc2C2CCCCC2)cc1. The predicted molar refractivity (Wildman–Crippen MR) is 86.3 cm³/mol. The molecule has 0 amide bonds. The van der Waals surface area contributed by atoms with Gasteiger partial charge in [-0.05, 0) is 29.9 Å². The van der Waals surface area contributed by atoms with Crippen molar-refractivity contribution < 1.29 is 4.52 Å². The van der Waals surface area contributed by atoms with Crippen molar-refractivity contribution in [3.63, 3.8) is 0 Å². The largest absolute Gasteiger partial charge is 0.380 e. The van der Waals surface area contributed by atoms with E-state index in [4.69, 9.17) is 10.3 Å². The number of anilines is 1. The number of nitrogens with two attached hydrogens (primary N) is 1. The Hall–Kier alpha value is -1.77. The van der Waals surface area contributed by atoms with Gasteiger partial charge in [0.15, 0.2) is 5.82 Å². The van der Waals surface area contributed by atoms with Crippen LogP contribution in [0.25, 0.3) is 11.1 Å². The van der Waals surface area contributed by atoms with Gasteiger partial charge >= 0.3 is 0 Å². The molecule has 1 aliphatic carbocycles. The van der Waals surface area contributed by atoms with E-state index in [1.807, 2.05) is 0 Å². The average molecular weight is 284 g/mol. The molecule has 0 radical (unpaired) electrons. The molecule has 2 aromatic rings. The lowest BCUT2D eigenvalue weighted by Gasteiger charge is -2.20. The van der Waals surface area contributed by atoms with Gasteiger partial charge in [0.25, 0.3) is 0 Å². The molecule has 1 fully saturated rings. The number of benzene rings is 1. The summed E-state index contributed by atoms with van der Waals surface area (Å²) in [5.74, 6) is 2.53. The first kappa shape index (κ1) is 14.2. The van der Waals surface area contributed by atoms with Crippen LogP contribution >= 0.6 is 0 Å². The highest BCUT2D eigenvalue weighted by atomic mass is 16.5. The summed E-state index contributed by atoms with van der Waals surface area (Å²) in [6.45, 7) is 4.41. The van der Waals surface area contributed by atoms with Crippen LogP contribution in [-0.4, -0.2) is 5.16 Å². The average Bonchev–Trinajstić information content (AvgIpc) is 2.90. The Bertz CT molecular complexity index is 592. The molecule has 0 atom stereocenters. The molecule has 1 saturated carbocycles. The van der Waals surface area contributed by atoms with Gasteiger partial charge in [-0.1, -0.05) is 62.5 Å². The van der Waals surface area contributed by atoms with Gasteiger partial charge in [0.1, 0.15) is 5.76 Å². The predicted octanol–water partition coefficient (Wildman–Crippen LogP) is 5.09. The van der Waals surface area contributed by atoms with Gasteiger partial charge in [0.2, 0.25) is 0 Å². The number of nitrogens with zero attached hydrogens (tertiary/aromatic N) is 1. The van der Waals surface area contributed by atoms with E-state index in [9.17, 15) is 0 Å². The third-order valence-corrected chi connectivity index (χ3v) is 4.59. The Balaban J connectivity index is 1.95. The van der Waals surface area contributed by atoms with Crippen LogP contribution in [0.5, 0.6) is 0 Å². The van der Waals surface area contributed by atoms with Crippen molar-refractivity contribution in [2.24, 2.45) is 0 Å². The Morgan fingerprint density at radius 2 is 1.76 bits per heavy atom. The molecule has 21 heavy (non-hydrogen) atoms. The fraction of sp³-hybridized carbons (Fsp3) is 0.500. The smallest absolute Gasteiger partial charge is 0.175 e. The maximum absolute atomic E-state index is 6.07. The minimum absolute atomic E-state index is 0.475. The van der Waals surface area contributed by atoms with Crippen molar-refractivity contribution in [3.8, 4) is 11.1 Å². The molecule has 3 nitrogen and oxygen atoms in total. The van der Waals surface area contributed by atoms with Crippen LogP contribution < -0.4 is 5.73 Å². The molecule has 0 spiro atoms. The van der Waals surface area contributed by atoms with E-state index in [2.05, 4.69) is 43.3 Å². The Morgan fingerprint density at radius 1 is 1.10 bits per heavy atom. The minimum Gasteiger partial charge on any atom is -0.380 e. The molecule has 1 aromatic heterocycles. The van der Waals surface area contributed by atoms with Gasteiger partial charge in [-0.3, -0.25) is 0 Å². The number of hydrogen-bond acceptors (Lipinski definition) is 3. The summed E-state index contributed by atoms with van der Waals surface area (Å²) in [7, 11) is 0. The molecule has 1 aromatic carbocycles. The summed E-state index contributed by atoms with van der Waals surface area (Å²) in [4.78, 5) is 0. The first-order chi connectivity index (χ1) is 10.2. The number of aromatic nitrogens is 1. The summed E-state index contributed by atoms with van der Waals surface area (Å²) < 4.78 is 5.59. The lowest BCUT2D eigenvalue weighted by molar-refractivity contribution is 0.323. The number of hydrogen-bond donors (Lipinski definition) is 1. The van der Waals surface area contributed by atoms with Crippen molar-refractivity contribution in [3.05, 3.63) is 35.6 Å². The molecule has 0 aliphatic heterocycles. The van der Waals surface area contributed by atoms with E-state index in [0.717, 1.165) is 16.9 Å². The highest BCUT2D eigenvalue weighted by Crippen LogP contribution is 2.40. The zero-order chi connectivity index (χ0) is 14.8. The van der Waals surface area contributed by atoms with Crippen LogP contribution in [0.3, 0.4) is 0 Å².